The van der Waals surface area contributed by atoms with Gasteiger partial charge < -0.3 is 4.74 Å². The summed E-state index contributed by atoms with van der Waals surface area (Å²) in [5, 5.41) is 0. The van der Waals surface area contributed by atoms with Gasteiger partial charge in [0.1, 0.15) is 11.4 Å². The maximum Gasteiger partial charge on any atom is 0.288 e. The molecule has 0 saturated carbocycles. The third-order valence-electron chi connectivity index (χ3n) is 4.65. The summed E-state index contributed by atoms with van der Waals surface area (Å²) in [6, 6.07) is 11.0. The van der Waals surface area contributed by atoms with Crippen molar-refractivity contribution in [3.05, 3.63) is 54.4 Å². The molecule has 1 fully saturated rings. The van der Waals surface area contributed by atoms with Crippen molar-refractivity contribution in [3.8, 4) is 5.75 Å². The molecule has 1 unspecified atom stereocenters. The third-order valence-corrected chi connectivity index (χ3v) is 6.53. The lowest BCUT2D eigenvalue weighted by Gasteiger charge is -2.31. The number of hydrogen-bond acceptors (Lipinski definition) is 6. The van der Waals surface area contributed by atoms with Gasteiger partial charge in [0.2, 0.25) is 15.9 Å². The van der Waals surface area contributed by atoms with Crippen LogP contribution in [0.25, 0.3) is 0 Å². The number of carbonyl (C=O) groups is 2. The molecule has 1 aliphatic heterocycles. The molecular weight excluding hydrogens is 396 g/mol. The molecule has 2 heterocycles. The minimum atomic E-state index is -3.73. The number of nitrogens with zero attached hydrogens (tertiary/aromatic N) is 2. The number of benzene rings is 1. The molecule has 0 radical (unpaired) electrons. The van der Waals surface area contributed by atoms with Gasteiger partial charge in [-0.25, -0.2) is 8.42 Å². The summed E-state index contributed by atoms with van der Waals surface area (Å²) in [7, 11) is -2.22. The van der Waals surface area contributed by atoms with Gasteiger partial charge in [0.25, 0.3) is 5.91 Å². The highest BCUT2D eigenvalue weighted by Crippen LogP contribution is 2.25. The van der Waals surface area contributed by atoms with Crippen LogP contribution in [0.5, 0.6) is 5.75 Å². The first-order chi connectivity index (χ1) is 13.9. The molecule has 0 spiro atoms. The average Bonchev–Trinajstić information content (AvgIpc) is 2.78. The van der Waals surface area contributed by atoms with Gasteiger partial charge in [-0.1, -0.05) is 6.07 Å². The lowest BCUT2D eigenvalue weighted by atomic mass is 9.99. The van der Waals surface area contributed by atoms with Gasteiger partial charge in [0.15, 0.2) is 0 Å². The van der Waals surface area contributed by atoms with Crippen LogP contribution in [-0.4, -0.2) is 49.7 Å². The molecule has 1 aliphatic rings. The molecule has 9 nitrogen and oxygen atoms in total. The van der Waals surface area contributed by atoms with Crippen LogP contribution in [0.3, 0.4) is 0 Å². The highest BCUT2D eigenvalue weighted by atomic mass is 32.2. The normalized spacial score (nSPS) is 17.3. The van der Waals surface area contributed by atoms with E-state index in [-0.39, 0.29) is 17.1 Å². The van der Waals surface area contributed by atoms with Crippen LogP contribution in [0.15, 0.2) is 53.6 Å². The lowest BCUT2D eigenvalue weighted by Crippen LogP contribution is -2.50. The molecule has 2 aromatic rings. The minimum absolute atomic E-state index is 0.0413. The molecule has 1 saturated heterocycles. The standard InChI is InChI=1S/C19H22N4O5S/c1-28-15-7-9-16(10-8-15)29(26,27)23-12-4-5-14(13-23)18(24)21-22-19(25)17-6-2-3-11-20-17/h2-3,6-11,14H,4-5,12-13H2,1H3,(H,21,24)(H,22,25). The van der Waals surface area contributed by atoms with Crippen molar-refractivity contribution >= 4 is 21.8 Å². The predicted molar refractivity (Wildman–Crippen MR) is 104 cm³/mol. The van der Waals surface area contributed by atoms with E-state index in [1.807, 2.05) is 0 Å². The second kappa shape index (κ2) is 9.01. The highest BCUT2D eigenvalue weighted by molar-refractivity contribution is 7.89. The van der Waals surface area contributed by atoms with E-state index in [9.17, 15) is 18.0 Å². The topological polar surface area (TPSA) is 118 Å². The van der Waals surface area contributed by atoms with Crippen LogP contribution in [0.2, 0.25) is 0 Å². The van der Waals surface area contributed by atoms with E-state index < -0.39 is 27.8 Å². The highest BCUT2D eigenvalue weighted by Gasteiger charge is 2.33. The molecule has 2 amide bonds. The van der Waals surface area contributed by atoms with Crippen LogP contribution in [-0.2, 0) is 14.8 Å². The molecule has 10 heteroatoms. The fourth-order valence-electron chi connectivity index (χ4n) is 3.05. The second-order valence-corrected chi connectivity index (χ2v) is 8.47. The Morgan fingerprint density at radius 3 is 2.55 bits per heavy atom. The van der Waals surface area contributed by atoms with Crippen molar-refractivity contribution in [2.24, 2.45) is 5.92 Å². The van der Waals surface area contributed by atoms with Crippen molar-refractivity contribution < 1.29 is 22.7 Å². The van der Waals surface area contributed by atoms with Crippen molar-refractivity contribution in [2.75, 3.05) is 20.2 Å². The summed E-state index contributed by atoms with van der Waals surface area (Å²) >= 11 is 0. The van der Waals surface area contributed by atoms with E-state index in [0.29, 0.717) is 25.1 Å². The van der Waals surface area contributed by atoms with Crippen LogP contribution >= 0.6 is 0 Å². The minimum Gasteiger partial charge on any atom is -0.497 e. The zero-order chi connectivity index (χ0) is 20.9. The number of sulfonamides is 1. The molecule has 29 heavy (non-hydrogen) atoms. The summed E-state index contributed by atoms with van der Waals surface area (Å²) < 4.78 is 32.1. The summed E-state index contributed by atoms with van der Waals surface area (Å²) in [5.74, 6) is -0.995. The molecule has 1 atom stereocenters. The van der Waals surface area contributed by atoms with Crippen LogP contribution in [0, 0.1) is 5.92 Å². The van der Waals surface area contributed by atoms with Crippen molar-refractivity contribution in [1.29, 1.82) is 0 Å². The molecule has 3 rings (SSSR count). The SMILES string of the molecule is COc1ccc(S(=O)(=O)N2CCCC(C(=O)NNC(=O)c3ccccn3)C2)cc1. The molecule has 0 bridgehead atoms. The van der Waals surface area contributed by atoms with E-state index in [4.69, 9.17) is 4.74 Å². The number of piperidine rings is 1. The van der Waals surface area contributed by atoms with Crippen molar-refractivity contribution in [3.63, 3.8) is 0 Å². The number of methoxy groups -OCH3 is 1. The Hall–Kier alpha value is -2.98. The van der Waals surface area contributed by atoms with Crippen LogP contribution in [0.1, 0.15) is 23.3 Å². The number of rotatable bonds is 5. The number of pyridine rings is 1. The van der Waals surface area contributed by atoms with E-state index >= 15 is 0 Å². The lowest BCUT2D eigenvalue weighted by molar-refractivity contribution is -0.126. The van der Waals surface area contributed by atoms with Crippen LogP contribution < -0.4 is 15.6 Å². The second-order valence-electron chi connectivity index (χ2n) is 6.54. The first kappa shape index (κ1) is 20.7. The number of carbonyl (C=O) groups excluding carboxylic acids is 2. The van der Waals surface area contributed by atoms with E-state index in [1.54, 1.807) is 24.3 Å². The summed E-state index contributed by atoms with van der Waals surface area (Å²) in [6.45, 7) is 0.373. The van der Waals surface area contributed by atoms with E-state index in [2.05, 4.69) is 15.8 Å². The number of hydrazine groups is 1. The Morgan fingerprint density at radius 2 is 1.90 bits per heavy atom. The maximum atomic E-state index is 12.9. The van der Waals surface area contributed by atoms with Gasteiger partial charge >= 0.3 is 0 Å². The first-order valence-corrected chi connectivity index (χ1v) is 10.5. The maximum absolute atomic E-state index is 12.9. The molecule has 0 aliphatic carbocycles. The quantitative estimate of drug-likeness (QED) is 0.698. The largest absolute Gasteiger partial charge is 0.497 e. The monoisotopic (exact) mass is 418 g/mol. The smallest absolute Gasteiger partial charge is 0.288 e. The Kier molecular flexibility index (Phi) is 6.45. The fourth-order valence-corrected chi connectivity index (χ4v) is 4.58. The number of aromatic nitrogens is 1. The number of ether oxygens (including phenoxy) is 1. The zero-order valence-electron chi connectivity index (χ0n) is 15.9. The first-order valence-electron chi connectivity index (χ1n) is 9.07. The fraction of sp³-hybridized carbons (Fsp3) is 0.316. The average molecular weight is 418 g/mol. The summed E-state index contributed by atoms with van der Waals surface area (Å²) in [4.78, 5) is 28.5. The summed E-state index contributed by atoms with van der Waals surface area (Å²) in [5.41, 5.74) is 4.84. The van der Waals surface area contributed by atoms with Gasteiger partial charge in [-0.3, -0.25) is 25.4 Å². The van der Waals surface area contributed by atoms with Crippen molar-refractivity contribution in [2.45, 2.75) is 17.7 Å². The molecule has 1 aromatic carbocycles. The van der Waals surface area contributed by atoms with Crippen LogP contribution in [0.4, 0.5) is 0 Å². The van der Waals surface area contributed by atoms with Gasteiger partial charge in [0.05, 0.1) is 17.9 Å². The number of hydrogen-bond donors (Lipinski definition) is 2. The molecular formula is C19H22N4O5S. The molecule has 154 valence electrons. The van der Waals surface area contributed by atoms with E-state index in [1.165, 1.54) is 35.8 Å². The Bertz CT molecular complexity index is 964. The van der Waals surface area contributed by atoms with Gasteiger partial charge in [-0.05, 0) is 49.2 Å². The number of nitrogens with one attached hydrogen (secondary N) is 2. The predicted octanol–water partition coefficient (Wildman–Crippen LogP) is 0.952. The van der Waals surface area contributed by atoms with Gasteiger partial charge in [-0.15, -0.1) is 0 Å². The zero-order valence-corrected chi connectivity index (χ0v) is 16.7. The van der Waals surface area contributed by atoms with E-state index in [0.717, 1.165) is 0 Å². The van der Waals surface area contributed by atoms with Gasteiger partial charge in [0, 0.05) is 19.3 Å². The Balaban J connectivity index is 1.61. The Labute approximate surface area is 169 Å². The Morgan fingerprint density at radius 1 is 1.14 bits per heavy atom. The molecule has 2 N–H and O–H groups in total. The summed E-state index contributed by atoms with van der Waals surface area (Å²) in [6.07, 6.45) is 2.54. The molecule has 1 aromatic heterocycles. The third kappa shape index (κ3) is 4.90. The van der Waals surface area contributed by atoms with Gasteiger partial charge in [-0.2, -0.15) is 4.31 Å². The van der Waals surface area contributed by atoms with Crippen molar-refractivity contribution in [1.82, 2.24) is 20.1 Å². The number of amides is 2.